The Bertz CT molecular complexity index is 921. The average molecular weight is 412 g/mol. The third-order valence-corrected chi connectivity index (χ3v) is 5.78. The van der Waals surface area contributed by atoms with Gasteiger partial charge in [-0.15, -0.1) is 0 Å². The second-order valence-electron chi connectivity index (χ2n) is 7.18. The van der Waals surface area contributed by atoms with E-state index in [1.165, 1.54) is 11.2 Å². The van der Waals surface area contributed by atoms with E-state index in [1.54, 1.807) is 24.2 Å². The first-order valence-corrected chi connectivity index (χ1v) is 10.5. The normalized spacial score (nSPS) is 15.1. The molecule has 0 amide bonds. The maximum atomic E-state index is 10.4. The highest BCUT2D eigenvalue weighted by Gasteiger charge is 2.19. The van der Waals surface area contributed by atoms with Crippen LogP contribution in [0.5, 0.6) is 11.5 Å². The van der Waals surface area contributed by atoms with Crippen LogP contribution in [-0.2, 0) is 0 Å². The van der Waals surface area contributed by atoms with Crippen LogP contribution >= 0.6 is 11.9 Å². The van der Waals surface area contributed by atoms with E-state index in [4.69, 9.17) is 9.15 Å². The van der Waals surface area contributed by atoms with Crippen LogP contribution in [0.3, 0.4) is 0 Å². The highest BCUT2D eigenvalue weighted by atomic mass is 32.2. The summed E-state index contributed by atoms with van der Waals surface area (Å²) in [5.74, 6) is 1.52. The van der Waals surface area contributed by atoms with Crippen molar-refractivity contribution in [1.82, 2.24) is 9.29 Å². The minimum Gasteiger partial charge on any atom is -0.507 e. The molecule has 29 heavy (non-hydrogen) atoms. The summed E-state index contributed by atoms with van der Waals surface area (Å²) >= 11 is 1.77. The van der Waals surface area contributed by atoms with E-state index >= 15 is 0 Å². The Hall–Kier alpha value is -2.64. The van der Waals surface area contributed by atoms with Crippen LogP contribution in [-0.4, -0.2) is 46.7 Å². The minimum atomic E-state index is 0.186. The van der Waals surface area contributed by atoms with E-state index in [0.29, 0.717) is 11.5 Å². The molecule has 0 aliphatic carbocycles. The summed E-state index contributed by atoms with van der Waals surface area (Å²) in [7, 11) is 0. The zero-order chi connectivity index (χ0) is 20.2. The number of oxazole rings is 1. The van der Waals surface area contributed by atoms with Crippen molar-refractivity contribution < 1.29 is 14.3 Å². The smallest absolute Gasteiger partial charge is 0.229 e. The largest absolute Gasteiger partial charge is 0.507 e. The lowest BCUT2D eigenvalue weighted by atomic mass is 10.1. The van der Waals surface area contributed by atoms with Crippen LogP contribution in [0.15, 0.2) is 64.2 Å². The Morgan fingerprint density at radius 2 is 1.83 bits per heavy atom. The molecule has 1 N–H and O–H groups in total. The van der Waals surface area contributed by atoms with Gasteiger partial charge in [0.15, 0.2) is 0 Å². The number of phenols is 1. The standard InChI is InChI=1S/C22H25N3O3S/c1-16(2)28-18-4-6-19(7-5-18)29-25-12-10-24(11-13-25)17-3-8-20(21(26)15-17)22-23-9-14-27-22/h3-9,14-16,26H,10-13H2,1-2H3. The molecule has 1 aromatic heterocycles. The molecule has 0 radical (unpaired) electrons. The molecule has 6 nitrogen and oxygen atoms in total. The molecule has 0 unspecified atom stereocenters. The van der Waals surface area contributed by atoms with Crippen molar-refractivity contribution in [3.8, 4) is 23.0 Å². The zero-order valence-electron chi connectivity index (χ0n) is 16.6. The lowest BCUT2D eigenvalue weighted by Crippen LogP contribution is -2.43. The first-order chi connectivity index (χ1) is 14.1. The minimum absolute atomic E-state index is 0.186. The molecule has 1 aliphatic rings. The molecule has 3 aromatic rings. The number of aromatic hydroxyl groups is 1. The van der Waals surface area contributed by atoms with E-state index in [2.05, 4.69) is 26.3 Å². The van der Waals surface area contributed by atoms with Gasteiger partial charge < -0.3 is 19.2 Å². The summed E-state index contributed by atoms with van der Waals surface area (Å²) in [6.07, 6.45) is 3.26. The van der Waals surface area contributed by atoms with Crippen LogP contribution in [0.25, 0.3) is 11.5 Å². The van der Waals surface area contributed by atoms with E-state index in [1.807, 2.05) is 38.1 Å². The molecule has 2 aromatic carbocycles. The number of hydrogen-bond donors (Lipinski definition) is 1. The van der Waals surface area contributed by atoms with Crippen molar-refractivity contribution in [2.24, 2.45) is 0 Å². The fourth-order valence-electron chi connectivity index (χ4n) is 3.29. The maximum absolute atomic E-state index is 10.4. The van der Waals surface area contributed by atoms with Crippen molar-refractivity contribution in [3.63, 3.8) is 0 Å². The number of nitrogens with zero attached hydrogens (tertiary/aromatic N) is 3. The Morgan fingerprint density at radius 1 is 1.07 bits per heavy atom. The molecule has 1 aliphatic heterocycles. The van der Waals surface area contributed by atoms with Gasteiger partial charge in [0, 0.05) is 42.8 Å². The Kier molecular flexibility index (Phi) is 5.97. The topological polar surface area (TPSA) is 62.0 Å². The van der Waals surface area contributed by atoms with E-state index in [9.17, 15) is 5.11 Å². The summed E-state index contributed by atoms with van der Waals surface area (Å²) in [5.41, 5.74) is 1.62. The van der Waals surface area contributed by atoms with Crippen LogP contribution < -0.4 is 9.64 Å². The first kappa shape index (κ1) is 19.7. The second-order valence-corrected chi connectivity index (χ2v) is 8.35. The monoisotopic (exact) mass is 411 g/mol. The molecule has 0 saturated carbocycles. The van der Waals surface area contributed by atoms with Gasteiger partial charge >= 0.3 is 0 Å². The molecule has 0 spiro atoms. The Balaban J connectivity index is 1.33. The molecule has 4 rings (SSSR count). The highest BCUT2D eigenvalue weighted by Crippen LogP contribution is 2.33. The summed E-state index contributed by atoms with van der Waals surface area (Å²) in [5, 5.41) is 10.4. The summed E-state index contributed by atoms with van der Waals surface area (Å²) in [6, 6.07) is 13.9. The Labute approximate surface area is 175 Å². The van der Waals surface area contributed by atoms with Crippen molar-refractivity contribution in [2.75, 3.05) is 31.1 Å². The first-order valence-electron chi connectivity index (χ1n) is 9.76. The molecule has 2 heterocycles. The maximum Gasteiger partial charge on any atom is 0.229 e. The number of hydrogen-bond acceptors (Lipinski definition) is 7. The van der Waals surface area contributed by atoms with Gasteiger partial charge in [-0.3, -0.25) is 0 Å². The molecule has 152 valence electrons. The molecule has 0 atom stereocenters. The number of phenolic OH excluding ortho intramolecular Hbond substituents is 1. The number of piperazine rings is 1. The van der Waals surface area contributed by atoms with Crippen LogP contribution in [0.1, 0.15) is 13.8 Å². The predicted octanol–water partition coefficient (Wildman–Crippen LogP) is 4.66. The summed E-state index contributed by atoms with van der Waals surface area (Å²) < 4.78 is 13.4. The molecule has 7 heteroatoms. The molecular formula is C22H25N3O3S. The molecule has 0 bridgehead atoms. The number of anilines is 1. The van der Waals surface area contributed by atoms with Gasteiger partial charge in [-0.2, -0.15) is 0 Å². The molecular weight excluding hydrogens is 386 g/mol. The van der Waals surface area contributed by atoms with Gasteiger partial charge in [-0.05, 0) is 62.2 Å². The van der Waals surface area contributed by atoms with E-state index in [0.717, 1.165) is 37.6 Å². The fourth-order valence-corrected chi connectivity index (χ4v) is 4.19. The quantitative estimate of drug-likeness (QED) is 0.592. The highest BCUT2D eigenvalue weighted by molar-refractivity contribution is 7.97. The van der Waals surface area contributed by atoms with Crippen LogP contribution in [0.4, 0.5) is 5.69 Å². The van der Waals surface area contributed by atoms with Crippen molar-refractivity contribution in [3.05, 3.63) is 54.9 Å². The van der Waals surface area contributed by atoms with Crippen molar-refractivity contribution in [2.45, 2.75) is 24.8 Å². The summed E-state index contributed by atoms with van der Waals surface area (Å²) in [6.45, 7) is 7.75. The van der Waals surface area contributed by atoms with Crippen LogP contribution in [0, 0.1) is 0 Å². The molecule has 1 fully saturated rings. The number of benzene rings is 2. The Morgan fingerprint density at radius 3 is 2.45 bits per heavy atom. The number of aromatic nitrogens is 1. The van der Waals surface area contributed by atoms with Crippen molar-refractivity contribution in [1.29, 1.82) is 0 Å². The lowest BCUT2D eigenvalue weighted by molar-refractivity contribution is 0.242. The average Bonchev–Trinajstić information content (AvgIpc) is 3.24. The van der Waals surface area contributed by atoms with Gasteiger partial charge in [-0.1, -0.05) is 0 Å². The van der Waals surface area contributed by atoms with E-state index in [-0.39, 0.29) is 11.9 Å². The summed E-state index contributed by atoms with van der Waals surface area (Å²) in [4.78, 5) is 7.60. The van der Waals surface area contributed by atoms with Crippen molar-refractivity contribution >= 4 is 17.6 Å². The number of rotatable bonds is 6. The van der Waals surface area contributed by atoms with Gasteiger partial charge in [-0.25, -0.2) is 9.29 Å². The van der Waals surface area contributed by atoms with Gasteiger partial charge in [0.1, 0.15) is 17.8 Å². The van der Waals surface area contributed by atoms with Gasteiger partial charge in [0.2, 0.25) is 5.89 Å². The third-order valence-electron chi connectivity index (χ3n) is 4.68. The van der Waals surface area contributed by atoms with Gasteiger partial charge in [0.05, 0.1) is 17.9 Å². The van der Waals surface area contributed by atoms with Gasteiger partial charge in [0.25, 0.3) is 0 Å². The third kappa shape index (κ3) is 4.86. The fraction of sp³-hybridized carbons (Fsp3) is 0.318. The molecule has 1 saturated heterocycles. The van der Waals surface area contributed by atoms with Crippen LogP contribution in [0.2, 0.25) is 0 Å². The second kappa shape index (κ2) is 8.80. The van der Waals surface area contributed by atoms with E-state index < -0.39 is 0 Å². The predicted molar refractivity (Wildman–Crippen MR) is 115 cm³/mol. The SMILES string of the molecule is CC(C)Oc1ccc(SN2CCN(c3ccc(-c4ncco4)c(O)c3)CC2)cc1. The number of ether oxygens (including phenoxy) is 1. The lowest BCUT2D eigenvalue weighted by Gasteiger charge is -2.35. The zero-order valence-corrected chi connectivity index (χ0v) is 17.4.